The van der Waals surface area contributed by atoms with Crippen molar-refractivity contribution in [1.29, 1.82) is 0 Å². The number of aromatic nitrogens is 1. The predicted octanol–water partition coefficient (Wildman–Crippen LogP) is 13.4. The summed E-state index contributed by atoms with van der Waals surface area (Å²) in [6, 6.07) is 70.5. The summed E-state index contributed by atoms with van der Waals surface area (Å²) in [7, 11) is 0. The second-order valence-electron chi connectivity index (χ2n) is 12.9. The molecule has 0 saturated heterocycles. The van der Waals surface area contributed by atoms with E-state index in [9.17, 15) is 0 Å². The van der Waals surface area contributed by atoms with Gasteiger partial charge in [-0.1, -0.05) is 146 Å². The maximum Gasteiger partial charge on any atom is 0.0562 e. The minimum absolute atomic E-state index is 1.11. The van der Waals surface area contributed by atoms with Crippen molar-refractivity contribution in [3.8, 4) is 16.8 Å². The molecule has 2 heteroatoms. The van der Waals surface area contributed by atoms with Crippen LogP contribution in [0, 0.1) is 0 Å². The van der Waals surface area contributed by atoms with Crippen molar-refractivity contribution in [2.75, 3.05) is 4.90 Å². The fourth-order valence-electron chi connectivity index (χ4n) is 7.92. The monoisotopic (exact) mass is 636 g/mol. The smallest absolute Gasteiger partial charge is 0.0562 e. The van der Waals surface area contributed by atoms with Crippen molar-refractivity contribution in [2.45, 2.75) is 0 Å². The first-order chi connectivity index (χ1) is 24.8. The fourth-order valence-corrected chi connectivity index (χ4v) is 7.92. The van der Waals surface area contributed by atoms with Gasteiger partial charge in [0.2, 0.25) is 0 Å². The highest BCUT2D eigenvalue weighted by Crippen LogP contribution is 2.48. The van der Waals surface area contributed by atoms with Crippen molar-refractivity contribution < 1.29 is 0 Å². The Morgan fingerprint density at radius 1 is 0.340 bits per heavy atom. The molecule has 0 N–H and O–H groups in total. The van der Waals surface area contributed by atoms with Gasteiger partial charge in [-0.25, -0.2) is 0 Å². The number of rotatable bonds is 5. The number of hydrogen-bond acceptors (Lipinski definition) is 1. The van der Waals surface area contributed by atoms with Gasteiger partial charge in [-0.2, -0.15) is 0 Å². The lowest BCUT2D eigenvalue weighted by molar-refractivity contribution is 1.18. The lowest BCUT2D eigenvalue weighted by Gasteiger charge is -2.29. The van der Waals surface area contributed by atoms with Crippen LogP contribution in [0.15, 0.2) is 194 Å². The zero-order valence-electron chi connectivity index (χ0n) is 27.4. The molecule has 0 atom stereocenters. The average molecular weight is 637 g/mol. The van der Waals surface area contributed by atoms with E-state index < -0.39 is 0 Å². The maximum absolute atomic E-state index is 2.50. The lowest BCUT2D eigenvalue weighted by atomic mass is 9.94. The van der Waals surface area contributed by atoms with Crippen molar-refractivity contribution in [3.63, 3.8) is 0 Å². The summed E-state index contributed by atoms with van der Waals surface area (Å²) < 4.78 is 2.40. The SMILES string of the molecule is c1ccc(-c2ccc(N(c3cc4ccccc4c4ccc5ccccc5c34)c3cccc4c3c3ccccc3n4-c3ccccc3)cc2)cc1. The third-order valence-electron chi connectivity index (χ3n) is 10.1. The fraction of sp³-hybridized carbons (Fsp3) is 0. The zero-order chi connectivity index (χ0) is 33.0. The van der Waals surface area contributed by atoms with E-state index in [2.05, 4.69) is 204 Å². The Hall–Kier alpha value is -6.64. The molecule has 10 rings (SSSR count). The first-order valence-electron chi connectivity index (χ1n) is 17.2. The van der Waals surface area contributed by atoms with Gasteiger partial charge in [0.15, 0.2) is 0 Å². The molecule has 10 aromatic rings. The number of benzene rings is 9. The summed E-state index contributed by atoms with van der Waals surface area (Å²) in [5.74, 6) is 0. The molecule has 0 fully saturated rings. The molecule has 2 nitrogen and oxygen atoms in total. The van der Waals surface area contributed by atoms with Crippen LogP contribution >= 0.6 is 0 Å². The van der Waals surface area contributed by atoms with E-state index in [0.717, 1.165) is 22.7 Å². The highest BCUT2D eigenvalue weighted by molar-refractivity contribution is 6.25. The largest absolute Gasteiger partial charge is 0.309 e. The molecule has 0 radical (unpaired) electrons. The number of hydrogen-bond donors (Lipinski definition) is 0. The van der Waals surface area contributed by atoms with Crippen LogP contribution in [0.1, 0.15) is 0 Å². The van der Waals surface area contributed by atoms with Crippen LogP contribution in [0.5, 0.6) is 0 Å². The van der Waals surface area contributed by atoms with Crippen molar-refractivity contribution in [1.82, 2.24) is 4.57 Å². The maximum atomic E-state index is 2.50. The average Bonchev–Trinajstić information content (AvgIpc) is 3.54. The Morgan fingerprint density at radius 2 is 0.960 bits per heavy atom. The van der Waals surface area contributed by atoms with Crippen LogP contribution in [0.2, 0.25) is 0 Å². The van der Waals surface area contributed by atoms with E-state index >= 15 is 0 Å². The van der Waals surface area contributed by atoms with Gasteiger partial charge in [0.25, 0.3) is 0 Å². The molecule has 0 aliphatic rings. The van der Waals surface area contributed by atoms with Crippen molar-refractivity contribution >= 4 is 71.2 Å². The number of anilines is 3. The summed E-state index contributed by atoms with van der Waals surface area (Å²) in [5, 5.41) is 9.90. The number of nitrogens with zero attached hydrogens (tertiary/aromatic N) is 2. The van der Waals surface area contributed by atoms with Gasteiger partial charge >= 0.3 is 0 Å². The van der Waals surface area contributed by atoms with Crippen LogP contribution in [0.4, 0.5) is 17.1 Å². The summed E-state index contributed by atoms with van der Waals surface area (Å²) in [6.45, 7) is 0. The summed E-state index contributed by atoms with van der Waals surface area (Å²) in [5.41, 5.74) is 9.33. The topological polar surface area (TPSA) is 8.17 Å². The Morgan fingerprint density at radius 3 is 1.76 bits per heavy atom. The van der Waals surface area contributed by atoms with Crippen molar-refractivity contribution in [3.05, 3.63) is 194 Å². The minimum Gasteiger partial charge on any atom is -0.309 e. The predicted molar refractivity (Wildman–Crippen MR) is 213 cm³/mol. The number of fused-ring (bicyclic) bond motifs is 8. The van der Waals surface area contributed by atoms with Crippen LogP contribution in [-0.4, -0.2) is 4.57 Å². The van der Waals surface area contributed by atoms with E-state index in [1.807, 2.05) is 0 Å². The van der Waals surface area contributed by atoms with E-state index in [0.29, 0.717) is 0 Å². The molecular formula is C48H32N2. The van der Waals surface area contributed by atoms with Gasteiger partial charge in [0.1, 0.15) is 0 Å². The first-order valence-corrected chi connectivity index (χ1v) is 17.2. The summed E-state index contributed by atoms with van der Waals surface area (Å²) in [6.07, 6.45) is 0. The highest BCUT2D eigenvalue weighted by atomic mass is 15.1. The quantitative estimate of drug-likeness (QED) is 0.171. The van der Waals surface area contributed by atoms with Gasteiger partial charge in [-0.3, -0.25) is 0 Å². The molecule has 0 spiro atoms. The third-order valence-corrected chi connectivity index (χ3v) is 10.1. The highest BCUT2D eigenvalue weighted by Gasteiger charge is 2.24. The molecule has 1 aromatic heterocycles. The van der Waals surface area contributed by atoms with Crippen molar-refractivity contribution in [2.24, 2.45) is 0 Å². The van der Waals surface area contributed by atoms with Gasteiger partial charge < -0.3 is 9.47 Å². The van der Waals surface area contributed by atoms with E-state index in [1.54, 1.807) is 0 Å². The number of para-hydroxylation sites is 2. The van der Waals surface area contributed by atoms with Gasteiger partial charge in [0, 0.05) is 27.5 Å². The van der Waals surface area contributed by atoms with Gasteiger partial charge in [-0.05, 0) is 86.6 Å². The van der Waals surface area contributed by atoms with Gasteiger partial charge in [0.05, 0.1) is 22.4 Å². The van der Waals surface area contributed by atoms with Crippen LogP contribution in [-0.2, 0) is 0 Å². The molecule has 0 aliphatic heterocycles. The van der Waals surface area contributed by atoms with Gasteiger partial charge in [-0.15, -0.1) is 0 Å². The van der Waals surface area contributed by atoms with E-state index in [1.165, 1.54) is 65.3 Å². The molecule has 50 heavy (non-hydrogen) atoms. The lowest BCUT2D eigenvalue weighted by Crippen LogP contribution is -2.11. The second-order valence-corrected chi connectivity index (χ2v) is 12.9. The summed E-state index contributed by atoms with van der Waals surface area (Å²) in [4.78, 5) is 2.50. The standard InChI is InChI=1S/C48H32N2/c1-3-14-33(15-4-1)34-26-29-38(30-27-34)50(46-32-36-17-8-9-20-39(36)41-31-28-35-16-7-10-21-40(35)47(41)46)45-25-13-24-44-48(45)42-22-11-12-23-43(42)49(44)37-18-5-2-6-19-37/h1-32H. The minimum atomic E-state index is 1.11. The van der Waals surface area contributed by atoms with E-state index in [-0.39, 0.29) is 0 Å². The first kappa shape index (κ1) is 28.4. The Kier molecular flexibility index (Phi) is 6.53. The molecule has 1 heterocycles. The molecule has 0 amide bonds. The molecule has 0 bridgehead atoms. The molecular weight excluding hydrogens is 605 g/mol. The van der Waals surface area contributed by atoms with E-state index in [4.69, 9.17) is 0 Å². The molecule has 0 saturated carbocycles. The zero-order valence-corrected chi connectivity index (χ0v) is 27.4. The van der Waals surface area contributed by atoms with Crippen LogP contribution < -0.4 is 4.90 Å². The molecule has 0 unspecified atom stereocenters. The molecule has 9 aromatic carbocycles. The Labute approximate surface area is 290 Å². The Bertz CT molecular complexity index is 2850. The second kappa shape index (κ2) is 11.5. The summed E-state index contributed by atoms with van der Waals surface area (Å²) >= 11 is 0. The Balaban J connectivity index is 1.34. The van der Waals surface area contributed by atoms with Crippen LogP contribution in [0.25, 0.3) is 70.9 Å². The molecule has 0 aliphatic carbocycles. The van der Waals surface area contributed by atoms with Crippen LogP contribution in [0.3, 0.4) is 0 Å². The molecule has 234 valence electrons. The normalized spacial score (nSPS) is 11.6. The third kappa shape index (κ3) is 4.43.